The Kier molecular flexibility index (Phi) is 8.86. The maximum absolute atomic E-state index is 14.3. The Morgan fingerprint density at radius 3 is 2.81 bits per heavy atom. The number of rotatable bonds is 10. The van der Waals surface area contributed by atoms with Crippen molar-refractivity contribution in [3.63, 3.8) is 0 Å². The number of carbonyl (C=O) groups is 2. The van der Waals surface area contributed by atoms with Crippen LogP contribution in [0, 0.1) is 24.1 Å². The molecule has 1 aromatic carbocycles. The van der Waals surface area contributed by atoms with Crippen LogP contribution in [0.2, 0.25) is 0 Å². The van der Waals surface area contributed by atoms with Gasteiger partial charge in [-0.2, -0.15) is 0 Å². The molecule has 0 spiro atoms. The molecule has 0 aromatic heterocycles. The summed E-state index contributed by atoms with van der Waals surface area (Å²) in [7, 11) is 0. The van der Waals surface area contributed by atoms with Crippen LogP contribution in [-0.4, -0.2) is 60.2 Å². The fourth-order valence-corrected chi connectivity index (χ4v) is 3.96. The van der Waals surface area contributed by atoms with E-state index in [1.54, 1.807) is 25.3 Å². The summed E-state index contributed by atoms with van der Waals surface area (Å²) in [5, 5.41) is 13.7. The van der Waals surface area contributed by atoms with Crippen LogP contribution in [0.1, 0.15) is 39.7 Å². The van der Waals surface area contributed by atoms with Crippen LogP contribution in [0.25, 0.3) is 0 Å². The van der Waals surface area contributed by atoms with Gasteiger partial charge in [-0.15, -0.1) is 0 Å². The van der Waals surface area contributed by atoms with Crippen LogP contribution in [0.4, 0.5) is 4.39 Å². The van der Waals surface area contributed by atoms with Crippen molar-refractivity contribution in [2.45, 2.75) is 59.0 Å². The summed E-state index contributed by atoms with van der Waals surface area (Å²) in [5.74, 6) is -1.71. The van der Waals surface area contributed by atoms with Crippen LogP contribution in [0.5, 0.6) is 5.75 Å². The molecule has 2 aliphatic heterocycles. The second kappa shape index (κ2) is 11.7. The molecule has 196 valence electrons. The predicted molar refractivity (Wildman–Crippen MR) is 133 cm³/mol. The number of nitrogens with one attached hydrogen (secondary N) is 3. The highest BCUT2D eigenvalue weighted by Gasteiger charge is 2.35. The third-order valence-corrected chi connectivity index (χ3v) is 5.70. The third kappa shape index (κ3) is 7.38. The monoisotopic (exact) mass is 502 g/mol. The van der Waals surface area contributed by atoms with Gasteiger partial charge >= 0.3 is 0 Å². The van der Waals surface area contributed by atoms with Gasteiger partial charge in [0.05, 0.1) is 13.2 Å². The average Bonchev–Trinajstić information content (AvgIpc) is 3.33. The molecule has 1 fully saturated rings. The molecule has 0 radical (unpaired) electrons. The highest BCUT2D eigenvalue weighted by atomic mass is 19.1. The topological polar surface area (TPSA) is 113 Å². The summed E-state index contributed by atoms with van der Waals surface area (Å²) in [6.45, 7) is 10.2. The molecule has 1 saturated heterocycles. The summed E-state index contributed by atoms with van der Waals surface area (Å²) in [4.78, 5) is 27.1. The first kappa shape index (κ1) is 27.3. The van der Waals surface area contributed by atoms with E-state index in [-0.39, 0.29) is 35.9 Å². The lowest BCUT2D eigenvalue weighted by Gasteiger charge is -2.28. The zero-order valence-corrected chi connectivity index (χ0v) is 21.4. The van der Waals surface area contributed by atoms with E-state index in [0.29, 0.717) is 25.1 Å². The Morgan fingerprint density at radius 1 is 1.39 bits per heavy atom. The van der Waals surface area contributed by atoms with Crippen LogP contribution >= 0.6 is 0 Å². The van der Waals surface area contributed by atoms with E-state index in [9.17, 15) is 14.0 Å². The SMILES string of the molecule is Cc1cccc(OC2=CC(=O)N([C@@H](CC(C)C)C(=O)NC(=N)/C=C\NC[C@@H]3COC(C)(C)O3)C2)c1F. The van der Waals surface area contributed by atoms with Gasteiger partial charge in [-0.05, 0) is 50.8 Å². The molecular weight excluding hydrogens is 467 g/mol. The second-order valence-corrected chi connectivity index (χ2v) is 9.81. The number of amides is 2. The Morgan fingerprint density at radius 2 is 2.14 bits per heavy atom. The molecule has 0 aliphatic carbocycles. The minimum absolute atomic E-state index is 0.0262. The van der Waals surface area contributed by atoms with Crippen LogP contribution < -0.4 is 15.4 Å². The number of nitrogens with zero attached hydrogens (tertiary/aromatic N) is 1. The number of ether oxygens (including phenoxy) is 3. The fourth-order valence-electron chi connectivity index (χ4n) is 3.96. The molecule has 10 heteroatoms. The van der Waals surface area contributed by atoms with Crippen molar-refractivity contribution in [2.75, 3.05) is 19.7 Å². The fraction of sp³-hybridized carbons (Fsp3) is 0.500. The molecule has 0 unspecified atom stereocenters. The smallest absolute Gasteiger partial charge is 0.251 e. The van der Waals surface area contributed by atoms with Gasteiger partial charge in [-0.25, -0.2) is 4.39 Å². The molecular formula is C26H35FN4O5. The first-order valence-corrected chi connectivity index (χ1v) is 12.0. The number of hydrogen-bond donors (Lipinski definition) is 3. The summed E-state index contributed by atoms with van der Waals surface area (Å²) in [5.41, 5.74) is 0.431. The predicted octanol–water partition coefficient (Wildman–Crippen LogP) is 3.00. The van der Waals surface area contributed by atoms with E-state index in [1.165, 1.54) is 23.1 Å². The number of aryl methyl sites for hydroxylation is 1. The van der Waals surface area contributed by atoms with Gasteiger partial charge < -0.3 is 29.7 Å². The second-order valence-electron chi connectivity index (χ2n) is 9.81. The number of benzene rings is 1. The first-order chi connectivity index (χ1) is 16.9. The number of amidine groups is 1. The summed E-state index contributed by atoms with van der Waals surface area (Å²) < 4.78 is 31.2. The molecule has 0 bridgehead atoms. The van der Waals surface area contributed by atoms with Gasteiger partial charge in [0.1, 0.15) is 23.7 Å². The lowest BCUT2D eigenvalue weighted by atomic mass is 10.0. The normalized spacial score (nSPS) is 20.1. The largest absolute Gasteiger partial charge is 0.457 e. The molecule has 2 atom stereocenters. The molecule has 9 nitrogen and oxygen atoms in total. The van der Waals surface area contributed by atoms with E-state index in [1.807, 2.05) is 27.7 Å². The summed E-state index contributed by atoms with van der Waals surface area (Å²) in [6, 6.07) is 3.97. The van der Waals surface area contributed by atoms with Crippen molar-refractivity contribution in [1.29, 1.82) is 5.41 Å². The zero-order chi connectivity index (χ0) is 26.5. The lowest BCUT2D eigenvalue weighted by molar-refractivity contribution is -0.137. The maximum Gasteiger partial charge on any atom is 0.251 e. The van der Waals surface area contributed by atoms with E-state index in [2.05, 4.69) is 10.6 Å². The Hall–Kier alpha value is -3.24. The minimum Gasteiger partial charge on any atom is -0.457 e. The quantitative estimate of drug-likeness (QED) is 0.335. The molecule has 3 N–H and O–H groups in total. The number of halogens is 1. The van der Waals surface area contributed by atoms with Crippen LogP contribution in [-0.2, 0) is 19.1 Å². The van der Waals surface area contributed by atoms with Crippen molar-refractivity contribution < 1.29 is 28.2 Å². The molecule has 2 heterocycles. The molecule has 2 amide bonds. The molecule has 1 aromatic rings. The third-order valence-electron chi connectivity index (χ3n) is 5.70. The van der Waals surface area contributed by atoms with Crippen LogP contribution in [0.15, 0.2) is 42.3 Å². The van der Waals surface area contributed by atoms with Gasteiger partial charge in [0.2, 0.25) is 5.91 Å². The van der Waals surface area contributed by atoms with Crippen molar-refractivity contribution >= 4 is 17.6 Å². The molecule has 36 heavy (non-hydrogen) atoms. The Bertz CT molecular complexity index is 1050. The molecule has 3 rings (SSSR count). The van der Waals surface area contributed by atoms with Gasteiger partial charge in [0.15, 0.2) is 17.4 Å². The lowest BCUT2D eigenvalue weighted by Crippen LogP contribution is -2.49. The van der Waals surface area contributed by atoms with E-state index < -0.39 is 29.5 Å². The van der Waals surface area contributed by atoms with Gasteiger partial charge in [0.25, 0.3) is 5.91 Å². The standard InChI is InChI=1S/C26H35FN4O5/c1-16(2)11-20(25(33)30-22(28)9-10-29-13-19-15-34-26(4,5)36-19)31-14-18(12-23(31)32)35-21-8-6-7-17(3)24(21)27/h6-10,12,16,19-20,29H,11,13-15H2,1-5H3,(H2,28,30,33)/b10-9-/t19-,20+/m1/s1. The van der Waals surface area contributed by atoms with Crippen LogP contribution in [0.3, 0.4) is 0 Å². The Balaban J connectivity index is 1.56. The average molecular weight is 503 g/mol. The highest BCUT2D eigenvalue weighted by Crippen LogP contribution is 2.26. The van der Waals surface area contributed by atoms with E-state index in [0.717, 1.165) is 0 Å². The number of hydrogen-bond acceptors (Lipinski definition) is 7. The maximum atomic E-state index is 14.3. The Labute approximate surface area is 211 Å². The van der Waals surface area contributed by atoms with Crippen molar-refractivity contribution in [1.82, 2.24) is 15.5 Å². The zero-order valence-electron chi connectivity index (χ0n) is 21.4. The minimum atomic E-state index is -0.815. The van der Waals surface area contributed by atoms with Crippen molar-refractivity contribution in [2.24, 2.45) is 5.92 Å². The van der Waals surface area contributed by atoms with Crippen molar-refractivity contribution in [3.8, 4) is 5.75 Å². The van der Waals surface area contributed by atoms with E-state index >= 15 is 0 Å². The first-order valence-electron chi connectivity index (χ1n) is 12.0. The van der Waals surface area contributed by atoms with Gasteiger partial charge in [-0.1, -0.05) is 26.0 Å². The van der Waals surface area contributed by atoms with Gasteiger partial charge in [-0.3, -0.25) is 15.0 Å². The van der Waals surface area contributed by atoms with Gasteiger partial charge in [0, 0.05) is 18.8 Å². The molecule has 0 saturated carbocycles. The van der Waals surface area contributed by atoms with Crippen molar-refractivity contribution in [3.05, 3.63) is 53.7 Å². The summed E-state index contributed by atoms with van der Waals surface area (Å²) in [6.07, 6.45) is 4.53. The van der Waals surface area contributed by atoms with E-state index in [4.69, 9.17) is 19.6 Å². The number of carbonyl (C=O) groups excluding carboxylic acids is 2. The molecule has 2 aliphatic rings. The summed E-state index contributed by atoms with van der Waals surface area (Å²) >= 11 is 0. The highest BCUT2D eigenvalue weighted by molar-refractivity contribution is 6.05.